The van der Waals surface area contributed by atoms with Gasteiger partial charge in [-0.1, -0.05) is 0 Å². The number of Topliss-reactive ketones (excluding diaryl/α,β-unsaturated/α-hetero) is 1. The zero-order valence-corrected chi connectivity index (χ0v) is 17.8. The van der Waals surface area contributed by atoms with Crippen molar-refractivity contribution in [3.8, 4) is 0 Å². The molecule has 0 unspecified atom stereocenters. The first-order valence-electron chi connectivity index (χ1n) is 9.48. The minimum atomic E-state index is -1.52. The minimum absolute atomic E-state index is 0.0140. The van der Waals surface area contributed by atoms with Gasteiger partial charge in [0, 0.05) is 5.69 Å². The van der Waals surface area contributed by atoms with Gasteiger partial charge in [-0.3, -0.25) is 9.59 Å². The quantitative estimate of drug-likeness (QED) is 0.279. The van der Waals surface area contributed by atoms with Crippen molar-refractivity contribution in [3.05, 3.63) is 58.0 Å². The molecule has 0 fully saturated rings. The highest BCUT2D eigenvalue weighted by Gasteiger charge is 2.24. The van der Waals surface area contributed by atoms with E-state index in [1.54, 1.807) is 12.1 Å². The summed E-state index contributed by atoms with van der Waals surface area (Å²) in [6.07, 6.45) is 0. The van der Waals surface area contributed by atoms with Crippen LogP contribution in [0, 0.1) is 0 Å². The molecule has 1 atom stereocenters. The van der Waals surface area contributed by atoms with E-state index in [0.717, 1.165) is 14.0 Å². The second-order valence-electron chi connectivity index (χ2n) is 6.77. The number of hydrogen-bond donors (Lipinski definition) is 3. The van der Waals surface area contributed by atoms with Gasteiger partial charge >= 0.3 is 17.6 Å². The van der Waals surface area contributed by atoms with E-state index in [2.05, 4.69) is 30.3 Å². The molecular formula is C21H19N5O7. The number of imidazole rings is 1. The van der Waals surface area contributed by atoms with Crippen LogP contribution in [0.5, 0.6) is 0 Å². The van der Waals surface area contributed by atoms with Crippen molar-refractivity contribution < 1.29 is 28.7 Å². The number of fused-ring (bicyclic) bond motifs is 1. The zero-order valence-electron chi connectivity index (χ0n) is 17.8. The minimum Gasteiger partial charge on any atom is -0.465 e. The first kappa shape index (κ1) is 23.1. The number of ketones is 1. The number of rotatable bonds is 7. The summed E-state index contributed by atoms with van der Waals surface area (Å²) >= 11 is 0. The number of nitrogens with one attached hydrogen (secondary N) is 3. The number of nitrogens with zero attached hydrogens (tertiary/aromatic N) is 2. The van der Waals surface area contributed by atoms with Crippen LogP contribution in [0.2, 0.25) is 0 Å². The summed E-state index contributed by atoms with van der Waals surface area (Å²) in [4.78, 5) is 65.1. The molecule has 3 aromatic rings. The fourth-order valence-corrected chi connectivity index (χ4v) is 2.90. The monoisotopic (exact) mass is 453 g/mol. The second kappa shape index (κ2) is 9.68. The smallest absolute Gasteiger partial charge is 0.340 e. The van der Waals surface area contributed by atoms with E-state index in [4.69, 9.17) is 4.74 Å². The Kier molecular flexibility index (Phi) is 6.77. The van der Waals surface area contributed by atoms with Crippen molar-refractivity contribution in [1.29, 1.82) is 0 Å². The Bertz CT molecular complexity index is 1340. The topological polar surface area (TPSA) is 172 Å². The first-order chi connectivity index (χ1) is 15.7. The van der Waals surface area contributed by atoms with Crippen LogP contribution in [0.1, 0.15) is 27.6 Å². The van der Waals surface area contributed by atoms with Gasteiger partial charge in [0.15, 0.2) is 5.78 Å². The number of esters is 2. The number of methoxy groups -OCH3 is 2. The summed E-state index contributed by atoms with van der Waals surface area (Å²) in [7, 11) is 2.34. The SMILES string of the molecule is COC(=O)c1ccc(N=N[C@H](C(C)=O)C(=O)Nc2ccc3[nH]c(=O)[nH]c3c2)c(C(=O)OC)c1. The number of carbonyl (C=O) groups excluding carboxylic acids is 4. The molecule has 3 N–H and O–H groups in total. The van der Waals surface area contributed by atoms with Gasteiger partial charge in [0.1, 0.15) is 0 Å². The average Bonchev–Trinajstić information content (AvgIpc) is 3.17. The van der Waals surface area contributed by atoms with Crippen LogP contribution in [0.25, 0.3) is 11.0 Å². The van der Waals surface area contributed by atoms with Crippen LogP contribution in [-0.4, -0.2) is 53.9 Å². The van der Waals surface area contributed by atoms with Crippen LogP contribution >= 0.6 is 0 Å². The fraction of sp³-hybridized carbons (Fsp3) is 0.190. The predicted molar refractivity (Wildman–Crippen MR) is 116 cm³/mol. The van der Waals surface area contributed by atoms with E-state index in [1.165, 1.54) is 31.4 Å². The number of amides is 1. The van der Waals surface area contributed by atoms with Gasteiger partial charge in [0.25, 0.3) is 5.91 Å². The van der Waals surface area contributed by atoms with Crippen molar-refractivity contribution in [2.75, 3.05) is 19.5 Å². The standard InChI is InChI=1S/C21H19N5O7/c1-10(27)17(18(28)22-12-5-7-15-16(9-12)24-21(31)23-15)26-25-14-6-4-11(19(29)32-2)8-13(14)20(30)33-3/h4-9,17H,1-3H3,(H,22,28)(H2,23,24,31)/t17-/m1/s1. The Labute approximate surface area is 186 Å². The molecule has 1 aromatic heterocycles. The molecule has 0 saturated carbocycles. The number of ether oxygens (including phenoxy) is 2. The Morgan fingerprint density at radius 2 is 1.64 bits per heavy atom. The molecule has 1 heterocycles. The van der Waals surface area contributed by atoms with Gasteiger partial charge < -0.3 is 24.8 Å². The molecule has 3 rings (SSSR count). The summed E-state index contributed by atoms with van der Waals surface area (Å²) in [5, 5.41) is 10.2. The maximum atomic E-state index is 12.7. The summed E-state index contributed by atoms with van der Waals surface area (Å²) in [5.41, 5.74) is 0.897. The van der Waals surface area contributed by atoms with Crippen LogP contribution in [0.4, 0.5) is 11.4 Å². The molecule has 12 heteroatoms. The number of carbonyl (C=O) groups is 4. The van der Waals surface area contributed by atoms with Crippen molar-refractivity contribution in [3.63, 3.8) is 0 Å². The highest BCUT2D eigenvalue weighted by atomic mass is 16.5. The molecule has 2 aromatic carbocycles. The van der Waals surface area contributed by atoms with E-state index in [0.29, 0.717) is 16.7 Å². The molecule has 170 valence electrons. The molecule has 0 bridgehead atoms. The number of aromatic amines is 2. The number of H-pyrrole nitrogens is 2. The molecule has 33 heavy (non-hydrogen) atoms. The molecule has 0 aliphatic heterocycles. The highest BCUT2D eigenvalue weighted by Crippen LogP contribution is 2.23. The molecule has 0 radical (unpaired) electrons. The molecular weight excluding hydrogens is 434 g/mol. The molecule has 12 nitrogen and oxygen atoms in total. The second-order valence-corrected chi connectivity index (χ2v) is 6.77. The number of aromatic nitrogens is 2. The molecule has 0 aliphatic carbocycles. The fourth-order valence-electron chi connectivity index (χ4n) is 2.90. The molecule has 0 spiro atoms. The number of benzene rings is 2. The van der Waals surface area contributed by atoms with Crippen LogP contribution in [0.3, 0.4) is 0 Å². The normalized spacial score (nSPS) is 11.8. The van der Waals surface area contributed by atoms with Crippen LogP contribution in [0.15, 0.2) is 51.4 Å². The molecule has 0 aliphatic rings. The Hall–Kier alpha value is -4.61. The Morgan fingerprint density at radius 3 is 2.30 bits per heavy atom. The lowest BCUT2D eigenvalue weighted by molar-refractivity contribution is -0.126. The van der Waals surface area contributed by atoms with E-state index in [-0.39, 0.29) is 16.8 Å². The largest absolute Gasteiger partial charge is 0.465 e. The summed E-state index contributed by atoms with van der Waals surface area (Å²) < 4.78 is 9.32. The van der Waals surface area contributed by atoms with Gasteiger partial charge in [-0.15, -0.1) is 0 Å². The van der Waals surface area contributed by atoms with Crippen molar-refractivity contribution in [1.82, 2.24) is 9.97 Å². The lowest BCUT2D eigenvalue weighted by Gasteiger charge is -2.10. The van der Waals surface area contributed by atoms with E-state index < -0.39 is 35.4 Å². The van der Waals surface area contributed by atoms with Gasteiger partial charge in [-0.25, -0.2) is 14.4 Å². The lowest BCUT2D eigenvalue weighted by Crippen LogP contribution is -2.31. The lowest BCUT2D eigenvalue weighted by atomic mass is 10.1. The third-order valence-corrected chi connectivity index (χ3v) is 4.52. The van der Waals surface area contributed by atoms with Crippen molar-refractivity contribution >= 4 is 46.0 Å². The van der Waals surface area contributed by atoms with Gasteiger partial charge in [-0.05, 0) is 43.3 Å². The number of hydrogen-bond acceptors (Lipinski definition) is 9. The van der Waals surface area contributed by atoms with E-state index in [1.807, 2.05) is 0 Å². The summed E-state index contributed by atoms with van der Waals surface area (Å²) in [5.74, 6) is -2.84. The van der Waals surface area contributed by atoms with Crippen molar-refractivity contribution in [2.24, 2.45) is 10.2 Å². The third kappa shape index (κ3) is 5.18. The Morgan fingerprint density at radius 1 is 0.939 bits per heavy atom. The maximum Gasteiger partial charge on any atom is 0.340 e. The number of anilines is 1. The molecule has 1 amide bonds. The summed E-state index contributed by atoms with van der Waals surface area (Å²) in [6, 6.07) is 6.99. The highest BCUT2D eigenvalue weighted by molar-refractivity contribution is 6.10. The summed E-state index contributed by atoms with van der Waals surface area (Å²) in [6.45, 7) is 1.16. The maximum absolute atomic E-state index is 12.7. The van der Waals surface area contributed by atoms with Crippen LogP contribution in [-0.2, 0) is 19.1 Å². The predicted octanol–water partition coefficient (Wildman–Crippen LogP) is 2.11. The third-order valence-electron chi connectivity index (χ3n) is 4.52. The van der Waals surface area contributed by atoms with E-state index >= 15 is 0 Å². The van der Waals surface area contributed by atoms with Crippen LogP contribution < -0.4 is 11.0 Å². The zero-order chi connectivity index (χ0) is 24.1. The molecule has 0 saturated heterocycles. The van der Waals surface area contributed by atoms with Gasteiger partial charge in [0.05, 0.1) is 42.1 Å². The Balaban J connectivity index is 1.87. The van der Waals surface area contributed by atoms with E-state index in [9.17, 15) is 24.0 Å². The number of azo groups is 1. The van der Waals surface area contributed by atoms with Gasteiger partial charge in [0.2, 0.25) is 6.04 Å². The van der Waals surface area contributed by atoms with Gasteiger partial charge in [-0.2, -0.15) is 10.2 Å². The average molecular weight is 453 g/mol. The first-order valence-corrected chi connectivity index (χ1v) is 9.48. The van der Waals surface area contributed by atoms with Crippen molar-refractivity contribution in [2.45, 2.75) is 13.0 Å².